The van der Waals surface area contributed by atoms with Gasteiger partial charge in [0.25, 0.3) is 0 Å². The molecule has 26 heavy (non-hydrogen) atoms. The Morgan fingerprint density at radius 1 is 0.692 bits per heavy atom. The summed E-state index contributed by atoms with van der Waals surface area (Å²) in [4.78, 5) is 23.4. The molecular formula is C20H20Cl2O4. The maximum absolute atomic E-state index is 11.7. The molecule has 0 heterocycles. The fourth-order valence-electron chi connectivity index (χ4n) is 2.30. The van der Waals surface area contributed by atoms with Crippen molar-refractivity contribution < 1.29 is 19.1 Å². The molecule has 0 aromatic heterocycles. The topological polar surface area (TPSA) is 52.6 Å². The number of carbonyl (C=O) groups excluding carboxylic acids is 2. The van der Waals surface area contributed by atoms with Crippen LogP contribution in [0.3, 0.4) is 0 Å². The van der Waals surface area contributed by atoms with Crippen LogP contribution in [-0.2, 0) is 31.9 Å². The molecule has 2 rings (SSSR count). The van der Waals surface area contributed by atoms with Crippen LogP contribution in [0.5, 0.6) is 0 Å². The van der Waals surface area contributed by atoms with Crippen molar-refractivity contribution in [3.05, 3.63) is 69.7 Å². The van der Waals surface area contributed by atoms with Crippen molar-refractivity contribution in [3.8, 4) is 0 Å². The summed E-state index contributed by atoms with van der Waals surface area (Å²) in [5, 5.41) is 1.29. The Labute approximate surface area is 163 Å². The van der Waals surface area contributed by atoms with Crippen LogP contribution in [0.25, 0.3) is 0 Å². The molecule has 2 aromatic carbocycles. The molecule has 0 aliphatic rings. The number of esters is 2. The number of halogens is 2. The molecule has 0 unspecified atom stereocenters. The monoisotopic (exact) mass is 394 g/mol. The van der Waals surface area contributed by atoms with Crippen LogP contribution in [0, 0.1) is 0 Å². The summed E-state index contributed by atoms with van der Waals surface area (Å²) in [5.74, 6) is -0.861. The SMILES string of the molecule is O=C(CCC(=O)OCCc1ccccc1Cl)OCCc1ccccc1Cl. The minimum Gasteiger partial charge on any atom is -0.465 e. The van der Waals surface area contributed by atoms with Crippen LogP contribution < -0.4 is 0 Å². The average molecular weight is 395 g/mol. The first-order valence-electron chi connectivity index (χ1n) is 8.34. The fourth-order valence-corrected chi connectivity index (χ4v) is 2.76. The summed E-state index contributed by atoms with van der Waals surface area (Å²) < 4.78 is 10.2. The third-order valence-electron chi connectivity index (χ3n) is 3.72. The summed E-state index contributed by atoms with van der Waals surface area (Å²) >= 11 is 12.1. The largest absolute Gasteiger partial charge is 0.465 e. The minimum atomic E-state index is -0.430. The average Bonchev–Trinajstić information content (AvgIpc) is 2.63. The van der Waals surface area contributed by atoms with E-state index in [1.807, 2.05) is 36.4 Å². The standard InChI is InChI=1S/C20H20Cl2O4/c21-17-7-3-1-5-15(17)11-13-25-19(23)9-10-20(24)26-14-12-16-6-2-4-8-18(16)22/h1-8H,9-14H2. The maximum Gasteiger partial charge on any atom is 0.306 e. The lowest BCUT2D eigenvalue weighted by Gasteiger charge is -2.07. The van der Waals surface area contributed by atoms with E-state index in [2.05, 4.69) is 0 Å². The van der Waals surface area contributed by atoms with Crippen molar-refractivity contribution in [2.75, 3.05) is 13.2 Å². The molecule has 0 radical (unpaired) electrons. The first kappa shape index (κ1) is 20.3. The maximum atomic E-state index is 11.7. The van der Waals surface area contributed by atoms with Crippen molar-refractivity contribution in [1.82, 2.24) is 0 Å². The number of carbonyl (C=O) groups is 2. The second kappa shape index (κ2) is 10.8. The summed E-state index contributed by atoms with van der Waals surface area (Å²) in [6, 6.07) is 14.8. The highest BCUT2D eigenvalue weighted by molar-refractivity contribution is 6.31. The molecule has 0 aliphatic carbocycles. The highest BCUT2D eigenvalue weighted by atomic mass is 35.5. The van der Waals surface area contributed by atoms with E-state index in [1.165, 1.54) is 0 Å². The van der Waals surface area contributed by atoms with Crippen molar-refractivity contribution >= 4 is 35.1 Å². The van der Waals surface area contributed by atoms with E-state index in [-0.39, 0.29) is 26.1 Å². The predicted molar refractivity (Wildman–Crippen MR) is 101 cm³/mol. The van der Waals surface area contributed by atoms with Crippen molar-refractivity contribution in [3.63, 3.8) is 0 Å². The molecule has 0 saturated heterocycles. The Balaban J connectivity index is 1.59. The van der Waals surface area contributed by atoms with Gasteiger partial charge in [-0.2, -0.15) is 0 Å². The van der Waals surface area contributed by atoms with Gasteiger partial charge in [-0.1, -0.05) is 59.6 Å². The summed E-state index contributed by atoms with van der Waals surface area (Å²) in [6.45, 7) is 0.453. The van der Waals surface area contributed by atoms with Crippen molar-refractivity contribution in [1.29, 1.82) is 0 Å². The molecule has 138 valence electrons. The van der Waals surface area contributed by atoms with Gasteiger partial charge in [-0.15, -0.1) is 0 Å². The van der Waals surface area contributed by atoms with E-state index in [1.54, 1.807) is 12.1 Å². The van der Waals surface area contributed by atoms with Gasteiger partial charge >= 0.3 is 11.9 Å². The van der Waals surface area contributed by atoms with E-state index in [0.717, 1.165) is 11.1 Å². The summed E-state index contributed by atoms with van der Waals surface area (Å²) in [7, 11) is 0. The second-order valence-electron chi connectivity index (χ2n) is 5.62. The Morgan fingerprint density at radius 2 is 1.08 bits per heavy atom. The first-order valence-corrected chi connectivity index (χ1v) is 9.10. The molecule has 0 atom stereocenters. The number of hydrogen-bond acceptors (Lipinski definition) is 4. The first-order chi connectivity index (χ1) is 12.6. The lowest BCUT2D eigenvalue weighted by Crippen LogP contribution is -2.13. The molecule has 0 aliphatic heterocycles. The van der Waals surface area contributed by atoms with Crippen molar-refractivity contribution in [2.24, 2.45) is 0 Å². The number of rotatable bonds is 9. The van der Waals surface area contributed by atoms with Gasteiger partial charge in [0.05, 0.1) is 26.1 Å². The number of benzene rings is 2. The van der Waals surface area contributed by atoms with Crippen LogP contribution in [0.4, 0.5) is 0 Å². The van der Waals surface area contributed by atoms with E-state index in [4.69, 9.17) is 32.7 Å². The zero-order valence-corrected chi connectivity index (χ0v) is 15.8. The van der Waals surface area contributed by atoms with Gasteiger partial charge in [-0.05, 0) is 23.3 Å². The lowest BCUT2D eigenvalue weighted by atomic mass is 10.2. The van der Waals surface area contributed by atoms with Crippen LogP contribution in [0.1, 0.15) is 24.0 Å². The minimum absolute atomic E-state index is 0.00650. The van der Waals surface area contributed by atoms with Gasteiger partial charge in [0.1, 0.15) is 0 Å². The van der Waals surface area contributed by atoms with Crippen molar-refractivity contribution in [2.45, 2.75) is 25.7 Å². The molecule has 0 amide bonds. The van der Waals surface area contributed by atoms with Gasteiger partial charge in [-0.25, -0.2) is 0 Å². The van der Waals surface area contributed by atoms with E-state index < -0.39 is 11.9 Å². The van der Waals surface area contributed by atoms with E-state index in [9.17, 15) is 9.59 Å². The zero-order valence-electron chi connectivity index (χ0n) is 14.3. The summed E-state index contributed by atoms with van der Waals surface area (Å²) in [5.41, 5.74) is 1.84. The van der Waals surface area contributed by atoms with Gasteiger partial charge in [-0.3, -0.25) is 9.59 Å². The normalized spacial score (nSPS) is 10.4. The second-order valence-corrected chi connectivity index (χ2v) is 6.44. The smallest absolute Gasteiger partial charge is 0.306 e. The number of hydrogen-bond donors (Lipinski definition) is 0. The third-order valence-corrected chi connectivity index (χ3v) is 4.46. The predicted octanol–water partition coefficient (Wildman–Crippen LogP) is 4.65. The highest BCUT2D eigenvalue weighted by Gasteiger charge is 2.10. The molecule has 2 aromatic rings. The highest BCUT2D eigenvalue weighted by Crippen LogP contribution is 2.16. The Bertz CT molecular complexity index is 683. The van der Waals surface area contributed by atoms with Gasteiger partial charge < -0.3 is 9.47 Å². The van der Waals surface area contributed by atoms with E-state index >= 15 is 0 Å². The summed E-state index contributed by atoms with van der Waals surface area (Å²) in [6.07, 6.45) is 1.06. The molecular weight excluding hydrogens is 375 g/mol. The van der Waals surface area contributed by atoms with Gasteiger partial charge in [0.15, 0.2) is 0 Å². The lowest BCUT2D eigenvalue weighted by molar-refractivity contribution is -0.150. The molecule has 6 heteroatoms. The molecule has 0 spiro atoms. The molecule has 0 fully saturated rings. The van der Waals surface area contributed by atoms with Crippen LogP contribution in [0.15, 0.2) is 48.5 Å². The fraction of sp³-hybridized carbons (Fsp3) is 0.300. The van der Waals surface area contributed by atoms with Gasteiger partial charge in [0, 0.05) is 22.9 Å². The van der Waals surface area contributed by atoms with Crippen LogP contribution in [-0.4, -0.2) is 25.2 Å². The Morgan fingerprint density at radius 3 is 1.46 bits per heavy atom. The molecule has 0 bridgehead atoms. The van der Waals surface area contributed by atoms with Gasteiger partial charge in [0.2, 0.25) is 0 Å². The Hall–Kier alpha value is -2.04. The van der Waals surface area contributed by atoms with Crippen LogP contribution in [0.2, 0.25) is 10.0 Å². The third kappa shape index (κ3) is 7.06. The van der Waals surface area contributed by atoms with Crippen LogP contribution >= 0.6 is 23.2 Å². The molecule has 0 N–H and O–H groups in total. The zero-order chi connectivity index (χ0) is 18.8. The van der Waals surface area contributed by atoms with E-state index in [0.29, 0.717) is 22.9 Å². The quantitative estimate of drug-likeness (QED) is 0.581. The molecule has 0 saturated carbocycles. The molecule has 4 nitrogen and oxygen atoms in total. The number of ether oxygens (including phenoxy) is 2. The Kier molecular flexibility index (Phi) is 8.45.